The first-order valence-corrected chi connectivity index (χ1v) is 6.41. The first kappa shape index (κ1) is 12.4. The fourth-order valence-electron chi connectivity index (χ4n) is 2.04. The van der Waals surface area contributed by atoms with Crippen LogP contribution in [0.1, 0.15) is 24.1 Å². The summed E-state index contributed by atoms with van der Waals surface area (Å²) < 4.78 is 1.24. The van der Waals surface area contributed by atoms with Gasteiger partial charge in [0.2, 0.25) is 0 Å². The smallest absolute Gasteiger partial charge is 0.362 e. The Labute approximate surface area is 115 Å². The van der Waals surface area contributed by atoms with E-state index in [9.17, 15) is 4.79 Å². The van der Waals surface area contributed by atoms with E-state index in [2.05, 4.69) is 58.7 Å². The van der Waals surface area contributed by atoms with Crippen molar-refractivity contribution < 1.29 is 0 Å². The zero-order chi connectivity index (χ0) is 14.1. The molecule has 0 fully saturated rings. The minimum Gasteiger partial charge on any atom is -0.362 e. The Morgan fingerprint density at radius 2 is 1.95 bits per heavy atom. The fraction of sp³-hybridized carbons (Fsp3) is 0.214. The Hall–Kier alpha value is -2.63. The van der Waals surface area contributed by atoms with E-state index in [4.69, 9.17) is 0 Å². The van der Waals surface area contributed by atoms with Crippen molar-refractivity contribution in [3.63, 3.8) is 0 Å². The third-order valence-corrected chi connectivity index (χ3v) is 3.22. The lowest BCUT2D eigenvalue weighted by Gasteiger charge is -2.14. The number of aromatic nitrogens is 4. The molecule has 0 spiro atoms. The van der Waals surface area contributed by atoms with Gasteiger partial charge in [-0.1, -0.05) is 29.8 Å². The molecule has 0 aliphatic carbocycles. The molecule has 2 aromatic heterocycles. The Kier molecular flexibility index (Phi) is 2.98. The highest BCUT2D eigenvalue weighted by molar-refractivity contribution is 5.44. The van der Waals surface area contributed by atoms with Crippen LogP contribution >= 0.6 is 0 Å². The summed E-state index contributed by atoms with van der Waals surface area (Å²) in [7, 11) is 0. The second kappa shape index (κ2) is 4.80. The van der Waals surface area contributed by atoms with E-state index in [1.807, 2.05) is 0 Å². The van der Waals surface area contributed by atoms with Crippen molar-refractivity contribution in [2.45, 2.75) is 19.9 Å². The number of benzene rings is 1. The number of H-pyrrole nitrogens is 1. The summed E-state index contributed by atoms with van der Waals surface area (Å²) in [4.78, 5) is 11.5. The van der Waals surface area contributed by atoms with Crippen LogP contribution in [-0.2, 0) is 0 Å². The predicted octanol–water partition coefficient (Wildman–Crippen LogP) is 1.90. The second-order valence-corrected chi connectivity index (χ2v) is 4.79. The normalized spacial score (nSPS) is 12.5. The topological polar surface area (TPSA) is 75.1 Å². The van der Waals surface area contributed by atoms with Crippen LogP contribution in [0.15, 0.2) is 41.2 Å². The lowest BCUT2D eigenvalue weighted by Crippen LogP contribution is -2.15. The summed E-state index contributed by atoms with van der Waals surface area (Å²) in [5.41, 5.74) is 2.55. The number of aromatic amines is 1. The minimum atomic E-state index is -0.341. The molecule has 3 aromatic rings. The summed E-state index contributed by atoms with van der Waals surface area (Å²) in [5.74, 6) is 0.633. The number of fused-ring (bicyclic) bond motifs is 1. The van der Waals surface area contributed by atoms with Gasteiger partial charge in [-0.3, -0.25) is 0 Å². The van der Waals surface area contributed by atoms with Crippen LogP contribution in [0, 0.1) is 6.92 Å². The zero-order valence-electron chi connectivity index (χ0n) is 11.3. The average molecular weight is 269 g/mol. The number of rotatable bonds is 3. The summed E-state index contributed by atoms with van der Waals surface area (Å²) >= 11 is 0. The van der Waals surface area contributed by atoms with Gasteiger partial charge in [0.1, 0.15) is 5.82 Å². The first-order valence-electron chi connectivity index (χ1n) is 6.41. The molecular formula is C14H15N5O. The molecule has 0 saturated carbocycles. The standard InChI is InChI=1S/C14H15N5O/c1-9-3-5-11(6-4-9)10(2)15-12-7-8-13-16-17-14(20)19(13)18-12/h3-8,10H,1-2H3,(H,15,18)(H,17,20). The van der Waals surface area contributed by atoms with Crippen LogP contribution in [0.25, 0.3) is 5.65 Å². The number of nitrogens with one attached hydrogen (secondary N) is 2. The summed E-state index contributed by atoms with van der Waals surface area (Å²) in [6.07, 6.45) is 0. The average Bonchev–Trinajstić information content (AvgIpc) is 2.81. The monoisotopic (exact) mass is 269 g/mol. The summed E-state index contributed by atoms with van der Waals surface area (Å²) in [6.45, 7) is 4.11. The molecule has 3 rings (SSSR count). The van der Waals surface area contributed by atoms with Crippen LogP contribution in [-0.4, -0.2) is 19.8 Å². The Morgan fingerprint density at radius 1 is 1.20 bits per heavy atom. The maximum Gasteiger partial charge on any atom is 0.364 e. The molecule has 102 valence electrons. The molecule has 1 aromatic carbocycles. The SMILES string of the molecule is Cc1ccc(C(C)Nc2ccc3n[nH]c(=O)n3n2)cc1. The predicted molar refractivity (Wildman–Crippen MR) is 76.8 cm³/mol. The van der Waals surface area contributed by atoms with Crippen LogP contribution < -0.4 is 11.0 Å². The van der Waals surface area contributed by atoms with Crippen molar-refractivity contribution >= 4 is 11.5 Å². The van der Waals surface area contributed by atoms with Gasteiger partial charge in [0.05, 0.1) is 0 Å². The van der Waals surface area contributed by atoms with E-state index in [1.165, 1.54) is 10.1 Å². The van der Waals surface area contributed by atoms with Crippen LogP contribution in [0.3, 0.4) is 0 Å². The van der Waals surface area contributed by atoms with Gasteiger partial charge >= 0.3 is 5.69 Å². The van der Waals surface area contributed by atoms with E-state index in [1.54, 1.807) is 12.1 Å². The fourth-order valence-corrected chi connectivity index (χ4v) is 2.04. The molecule has 6 heteroatoms. The molecule has 0 radical (unpaired) electrons. The van der Waals surface area contributed by atoms with E-state index in [-0.39, 0.29) is 11.7 Å². The maximum absolute atomic E-state index is 11.5. The van der Waals surface area contributed by atoms with Crippen molar-refractivity contribution in [1.29, 1.82) is 0 Å². The van der Waals surface area contributed by atoms with Crippen molar-refractivity contribution in [2.75, 3.05) is 5.32 Å². The molecule has 2 heterocycles. The molecule has 20 heavy (non-hydrogen) atoms. The van der Waals surface area contributed by atoms with Crippen molar-refractivity contribution in [3.8, 4) is 0 Å². The summed E-state index contributed by atoms with van der Waals surface area (Å²) in [6, 6.07) is 12.0. The van der Waals surface area contributed by atoms with Gasteiger partial charge in [-0.15, -0.1) is 5.10 Å². The molecule has 0 amide bonds. The third kappa shape index (κ3) is 2.27. The molecular weight excluding hydrogens is 254 g/mol. The van der Waals surface area contributed by atoms with E-state index in [0.29, 0.717) is 11.5 Å². The molecule has 1 atom stereocenters. The van der Waals surface area contributed by atoms with Gasteiger partial charge < -0.3 is 5.32 Å². The van der Waals surface area contributed by atoms with Crippen LogP contribution in [0.4, 0.5) is 5.82 Å². The van der Waals surface area contributed by atoms with Crippen molar-refractivity contribution in [3.05, 3.63) is 58.0 Å². The number of anilines is 1. The van der Waals surface area contributed by atoms with Gasteiger partial charge in [0, 0.05) is 6.04 Å². The number of aryl methyl sites for hydroxylation is 1. The molecule has 0 saturated heterocycles. The van der Waals surface area contributed by atoms with E-state index < -0.39 is 0 Å². The lowest BCUT2D eigenvalue weighted by molar-refractivity contribution is 0.830. The highest BCUT2D eigenvalue weighted by Crippen LogP contribution is 2.18. The van der Waals surface area contributed by atoms with E-state index in [0.717, 1.165) is 5.56 Å². The van der Waals surface area contributed by atoms with Crippen LogP contribution in [0.5, 0.6) is 0 Å². The molecule has 2 N–H and O–H groups in total. The summed E-state index contributed by atoms with van der Waals surface area (Å²) in [5, 5.41) is 13.7. The van der Waals surface area contributed by atoms with Crippen LogP contribution in [0.2, 0.25) is 0 Å². The van der Waals surface area contributed by atoms with E-state index >= 15 is 0 Å². The number of hydrogen-bond acceptors (Lipinski definition) is 4. The zero-order valence-corrected chi connectivity index (χ0v) is 11.3. The number of hydrogen-bond donors (Lipinski definition) is 2. The largest absolute Gasteiger partial charge is 0.364 e. The van der Waals surface area contributed by atoms with Gasteiger partial charge in [-0.05, 0) is 31.5 Å². The van der Waals surface area contributed by atoms with Crippen molar-refractivity contribution in [1.82, 2.24) is 19.8 Å². The molecule has 0 aliphatic rings. The molecule has 0 bridgehead atoms. The Bertz CT molecular complexity index is 787. The lowest BCUT2D eigenvalue weighted by atomic mass is 10.1. The second-order valence-electron chi connectivity index (χ2n) is 4.79. The number of nitrogens with zero attached hydrogens (tertiary/aromatic N) is 3. The highest BCUT2D eigenvalue weighted by Gasteiger charge is 2.07. The highest BCUT2D eigenvalue weighted by atomic mass is 16.2. The first-order chi connectivity index (χ1) is 9.63. The van der Waals surface area contributed by atoms with Gasteiger partial charge in [-0.2, -0.15) is 9.61 Å². The Balaban J connectivity index is 1.86. The molecule has 1 unspecified atom stereocenters. The maximum atomic E-state index is 11.5. The van der Waals surface area contributed by atoms with Gasteiger partial charge in [0.15, 0.2) is 5.65 Å². The quantitative estimate of drug-likeness (QED) is 0.761. The minimum absolute atomic E-state index is 0.100. The van der Waals surface area contributed by atoms with Gasteiger partial charge in [-0.25, -0.2) is 9.89 Å². The molecule has 6 nitrogen and oxygen atoms in total. The van der Waals surface area contributed by atoms with Gasteiger partial charge in [0.25, 0.3) is 0 Å². The Morgan fingerprint density at radius 3 is 2.70 bits per heavy atom. The molecule has 0 aliphatic heterocycles. The van der Waals surface area contributed by atoms with Crippen molar-refractivity contribution in [2.24, 2.45) is 0 Å². The third-order valence-electron chi connectivity index (χ3n) is 3.22.